The molecule has 0 saturated heterocycles. The second-order valence-corrected chi connectivity index (χ2v) is 7.59. The summed E-state index contributed by atoms with van der Waals surface area (Å²) in [4.78, 5) is 29.9. The van der Waals surface area contributed by atoms with Gasteiger partial charge in [-0.25, -0.2) is 4.98 Å². The van der Waals surface area contributed by atoms with Crippen molar-refractivity contribution >= 4 is 22.8 Å². The molecule has 0 unspecified atom stereocenters. The lowest BCUT2D eigenvalue weighted by Crippen LogP contribution is -2.44. The van der Waals surface area contributed by atoms with E-state index in [2.05, 4.69) is 28.2 Å². The lowest BCUT2D eigenvalue weighted by atomic mass is 9.78. The van der Waals surface area contributed by atoms with Gasteiger partial charge in [-0.2, -0.15) is 0 Å². The first-order valence-electron chi connectivity index (χ1n) is 10.6. The van der Waals surface area contributed by atoms with Crippen LogP contribution >= 0.6 is 0 Å². The van der Waals surface area contributed by atoms with Crippen LogP contribution in [0.25, 0.3) is 11.0 Å². The number of aryl methyl sites for hydroxylation is 1. The number of fused-ring (bicyclic) bond motifs is 1. The van der Waals surface area contributed by atoms with Gasteiger partial charge in [0.05, 0.1) is 11.0 Å². The molecule has 1 aromatic heterocycles. The van der Waals surface area contributed by atoms with Crippen LogP contribution in [0.4, 0.5) is 0 Å². The first-order valence-corrected chi connectivity index (χ1v) is 10.6. The summed E-state index contributed by atoms with van der Waals surface area (Å²) in [6, 6.07) is 8.11. The van der Waals surface area contributed by atoms with Crippen molar-refractivity contribution in [3.8, 4) is 0 Å². The molecule has 1 heterocycles. The summed E-state index contributed by atoms with van der Waals surface area (Å²) in [5, 5.41) is 6.03. The number of carbonyl (C=O) groups excluding carboxylic acids is 2. The normalized spacial score (nSPS) is 19.5. The highest BCUT2D eigenvalue weighted by atomic mass is 16.2. The molecule has 0 spiro atoms. The minimum Gasteiger partial charge on any atom is -0.356 e. The van der Waals surface area contributed by atoms with Crippen LogP contribution in [-0.2, 0) is 22.6 Å². The van der Waals surface area contributed by atoms with E-state index < -0.39 is 0 Å². The maximum Gasteiger partial charge on any atom is 0.223 e. The van der Waals surface area contributed by atoms with E-state index in [1.807, 2.05) is 25.1 Å². The number of para-hydroxylation sites is 2. The van der Waals surface area contributed by atoms with Crippen LogP contribution in [0.2, 0.25) is 0 Å². The van der Waals surface area contributed by atoms with Gasteiger partial charge in [-0.1, -0.05) is 31.9 Å². The van der Waals surface area contributed by atoms with Gasteiger partial charge in [0, 0.05) is 37.9 Å². The molecule has 6 nitrogen and oxygen atoms in total. The van der Waals surface area contributed by atoms with E-state index >= 15 is 0 Å². The molecular weight excluding hydrogens is 352 g/mol. The number of nitrogens with one attached hydrogen (secondary N) is 2. The maximum atomic E-state index is 12.8. The zero-order valence-corrected chi connectivity index (χ0v) is 17.0. The molecular formula is C22H32N4O2. The summed E-state index contributed by atoms with van der Waals surface area (Å²) in [5.74, 6) is 0.631. The lowest BCUT2D eigenvalue weighted by molar-refractivity contribution is -0.136. The average Bonchev–Trinajstić information content (AvgIpc) is 3.09. The lowest BCUT2D eigenvalue weighted by Gasteiger charge is -2.29. The molecule has 3 rings (SSSR count). The van der Waals surface area contributed by atoms with Crippen LogP contribution in [0.1, 0.15) is 51.8 Å². The maximum absolute atomic E-state index is 12.8. The number of amides is 2. The van der Waals surface area contributed by atoms with Crippen molar-refractivity contribution < 1.29 is 9.59 Å². The van der Waals surface area contributed by atoms with E-state index in [-0.39, 0.29) is 23.7 Å². The largest absolute Gasteiger partial charge is 0.356 e. The second-order valence-electron chi connectivity index (χ2n) is 7.59. The fourth-order valence-electron chi connectivity index (χ4n) is 4.24. The quantitative estimate of drug-likeness (QED) is 0.734. The standard InChI is InChI=1S/C22H32N4O2/c1-3-14-23-21(27)16-9-5-6-10-17(16)22(28)24-15-13-20-25-18-11-7-8-12-19(18)26(20)4-2/h7-8,11-12,16-17H,3-6,9-10,13-15H2,1-2H3,(H,23,27)(H,24,28)/t16-,17+/m1/s1. The number of hydrogen-bond acceptors (Lipinski definition) is 3. The van der Waals surface area contributed by atoms with Crippen LogP contribution in [-0.4, -0.2) is 34.5 Å². The Morgan fingerprint density at radius 1 is 1.04 bits per heavy atom. The Bertz CT molecular complexity index is 814. The Morgan fingerprint density at radius 3 is 2.32 bits per heavy atom. The van der Waals surface area contributed by atoms with Crippen LogP contribution in [0, 0.1) is 11.8 Å². The zero-order valence-electron chi connectivity index (χ0n) is 17.0. The van der Waals surface area contributed by atoms with Crippen LogP contribution in [0.15, 0.2) is 24.3 Å². The third-order valence-electron chi connectivity index (χ3n) is 5.69. The molecule has 0 bridgehead atoms. The van der Waals surface area contributed by atoms with E-state index in [9.17, 15) is 9.59 Å². The van der Waals surface area contributed by atoms with Gasteiger partial charge in [-0.05, 0) is 38.3 Å². The average molecular weight is 385 g/mol. The van der Waals surface area contributed by atoms with Crippen molar-refractivity contribution in [1.82, 2.24) is 20.2 Å². The van der Waals surface area contributed by atoms with Crippen molar-refractivity contribution in [2.75, 3.05) is 13.1 Å². The molecule has 6 heteroatoms. The zero-order chi connectivity index (χ0) is 19.9. The highest BCUT2D eigenvalue weighted by molar-refractivity contribution is 5.87. The Labute approximate surface area is 167 Å². The smallest absolute Gasteiger partial charge is 0.223 e. The van der Waals surface area contributed by atoms with Crippen molar-refractivity contribution in [3.05, 3.63) is 30.1 Å². The number of carbonyl (C=O) groups is 2. The fourth-order valence-corrected chi connectivity index (χ4v) is 4.24. The highest BCUT2D eigenvalue weighted by Gasteiger charge is 2.35. The monoisotopic (exact) mass is 384 g/mol. The first kappa shape index (κ1) is 20.4. The Balaban J connectivity index is 1.59. The van der Waals surface area contributed by atoms with Crippen molar-refractivity contribution in [2.45, 2.75) is 58.9 Å². The number of nitrogens with zero attached hydrogens (tertiary/aromatic N) is 2. The third-order valence-corrected chi connectivity index (χ3v) is 5.69. The fraction of sp³-hybridized carbons (Fsp3) is 0.591. The van der Waals surface area contributed by atoms with Gasteiger partial charge in [-0.15, -0.1) is 0 Å². The van der Waals surface area contributed by atoms with Crippen molar-refractivity contribution in [2.24, 2.45) is 11.8 Å². The molecule has 1 aliphatic rings. The molecule has 1 fully saturated rings. The number of rotatable bonds is 8. The van der Waals surface area contributed by atoms with Crippen LogP contribution in [0.5, 0.6) is 0 Å². The predicted molar refractivity (Wildman–Crippen MR) is 111 cm³/mol. The van der Waals surface area contributed by atoms with Crippen molar-refractivity contribution in [1.29, 1.82) is 0 Å². The Morgan fingerprint density at radius 2 is 1.68 bits per heavy atom. The number of benzene rings is 1. The summed E-state index contributed by atoms with van der Waals surface area (Å²) < 4.78 is 2.20. The highest BCUT2D eigenvalue weighted by Crippen LogP contribution is 2.30. The second kappa shape index (κ2) is 9.71. The van der Waals surface area contributed by atoms with E-state index in [0.717, 1.165) is 55.5 Å². The first-order chi connectivity index (χ1) is 13.7. The molecule has 2 atom stereocenters. The molecule has 152 valence electrons. The molecule has 28 heavy (non-hydrogen) atoms. The summed E-state index contributed by atoms with van der Waals surface area (Å²) >= 11 is 0. The van der Waals surface area contributed by atoms with E-state index in [1.54, 1.807) is 0 Å². The molecule has 0 aliphatic heterocycles. The van der Waals surface area contributed by atoms with Crippen molar-refractivity contribution in [3.63, 3.8) is 0 Å². The van der Waals surface area contributed by atoms with E-state index in [0.29, 0.717) is 19.5 Å². The Hall–Kier alpha value is -2.37. The minimum atomic E-state index is -0.212. The summed E-state index contributed by atoms with van der Waals surface area (Å²) in [5.41, 5.74) is 2.12. The molecule has 1 aliphatic carbocycles. The molecule has 1 saturated carbocycles. The summed E-state index contributed by atoms with van der Waals surface area (Å²) in [6.45, 7) is 6.22. The Kier molecular flexibility index (Phi) is 7.06. The van der Waals surface area contributed by atoms with Gasteiger partial charge in [0.2, 0.25) is 11.8 Å². The van der Waals surface area contributed by atoms with Gasteiger partial charge in [0.25, 0.3) is 0 Å². The summed E-state index contributed by atoms with van der Waals surface area (Å²) in [7, 11) is 0. The van der Waals surface area contributed by atoms with Gasteiger partial charge in [-0.3, -0.25) is 9.59 Å². The van der Waals surface area contributed by atoms with Gasteiger partial charge < -0.3 is 15.2 Å². The number of imidazole rings is 1. The number of hydrogen-bond donors (Lipinski definition) is 2. The molecule has 2 N–H and O–H groups in total. The molecule has 0 radical (unpaired) electrons. The molecule has 2 amide bonds. The predicted octanol–water partition coefficient (Wildman–Crippen LogP) is 3.05. The SMILES string of the molecule is CCCNC(=O)[C@@H]1CCCC[C@@H]1C(=O)NCCc1nc2ccccc2n1CC. The molecule has 1 aromatic carbocycles. The minimum absolute atomic E-state index is 0.00973. The topological polar surface area (TPSA) is 76.0 Å². The third kappa shape index (κ3) is 4.54. The molecule has 2 aromatic rings. The number of aromatic nitrogens is 2. The summed E-state index contributed by atoms with van der Waals surface area (Å²) in [6.07, 6.45) is 5.24. The van der Waals surface area contributed by atoms with E-state index in [1.165, 1.54) is 0 Å². The van der Waals surface area contributed by atoms with Gasteiger partial charge in [0.15, 0.2) is 0 Å². The van der Waals surface area contributed by atoms with Gasteiger partial charge >= 0.3 is 0 Å². The van der Waals surface area contributed by atoms with Gasteiger partial charge in [0.1, 0.15) is 5.82 Å². The van der Waals surface area contributed by atoms with E-state index in [4.69, 9.17) is 4.98 Å². The van der Waals surface area contributed by atoms with Crippen LogP contribution in [0.3, 0.4) is 0 Å². The van der Waals surface area contributed by atoms with Crippen LogP contribution < -0.4 is 10.6 Å².